The molecule has 0 radical (unpaired) electrons. The second-order valence-corrected chi connectivity index (χ2v) is 5.60. The lowest BCUT2D eigenvalue weighted by atomic mass is 9.93. The topological polar surface area (TPSA) is 32.7 Å². The Morgan fingerprint density at radius 1 is 1.24 bits per heavy atom. The van der Waals surface area contributed by atoms with Gasteiger partial charge < -0.3 is 9.84 Å². The zero-order valence-corrected chi connectivity index (χ0v) is 11.9. The van der Waals surface area contributed by atoms with Crippen LogP contribution in [0.4, 0.5) is 13.2 Å². The second kappa shape index (κ2) is 6.66. The minimum atomic E-state index is -4.66. The van der Waals surface area contributed by atoms with E-state index in [1.54, 1.807) is 12.1 Å². The molecule has 0 spiro atoms. The molecule has 6 heteroatoms. The molecule has 118 valence electrons. The highest BCUT2D eigenvalue weighted by atomic mass is 19.4. The molecule has 1 aromatic carbocycles. The van der Waals surface area contributed by atoms with Crippen LogP contribution in [0.15, 0.2) is 24.3 Å². The van der Waals surface area contributed by atoms with Crippen molar-refractivity contribution in [1.29, 1.82) is 0 Å². The summed E-state index contributed by atoms with van der Waals surface area (Å²) in [5.74, 6) is 0.0835. The lowest BCUT2D eigenvalue weighted by Gasteiger charge is -2.37. The molecule has 1 saturated heterocycles. The SMILES string of the molecule is CC1CCC(CO)CN1Cc1ccc(OC(F)(F)F)cc1. The number of hydrogen-bond acceptors (Lipinski definition) is 3. The van der Waals surface area contributed by atoms with Crippen molar-refractivity contribution in [2.24, 2.45) is 5.92 Å². The molecule has 3 nitrogen and oxygen atoms in total. The van der Waals surface area contributed by atoms with E-state index in [1.807, 2.05) is 0 Å². The minimum Gasteiger partial charge on any atom is -0.406 e. The first-order valence-corrected chi connectivity index (χ1v) is 7.07. The molecule has 2 unspecified atom stereocenters. The van der Waals surface area contributed by atoms with Crippen molar-refractivity contribution >= 4 is 0 Å². The van der Waals surface area contributed by atoms with Crippen LogP contribution in [0.1, 0.15) is 25.3 Å². The zero-order chi connectivity index (χ0) is 15.5. The molecule has 0 bridgehead atoms. The van der Waals surface area contributed by atoms with E-state index in [-0.39, 0.29) is 18.3 Å². The minimum absolute atomic E-state index is 0.182. The van der Waals surface area contributed by atoms with Gasteiger partial charge in [0, 0.05) is 25.7 Å². The third kappa shape index (κ3) is 4.89. The predicted octanol–water partition coefficient (Wildman–Crippen LogP) is 3.18. The van der Waals surface area contributed by atoms with Crippen molar-refractivity contribution in [3.8, 4) is 5.75 Å². The maximum Gasteiger partial charge on any atom is 0.573 e. The van der Waals surface area contributed by atoms with Crippen LogP contribution in [-0.4, -0.2) is 35.6 Å². The van der Waals surface area contributed by atoms with Gasteiger partial charge in [-0.25, -0.2) is 0 Å². The summed E-state index contributed by atoms with van der Waals surface area (Å²) in [6.45, 7) is 3.80. The number of nitrogens with zero attached hydrogens (tertiary/aromatic N) is 1. The first-order valence-electron chi connectivity index (χ1n) is 7.07. The molecule has 0 aliphatic carbocycles. The predicted molar refractivity (Wildman–Crippen MR) is 72.8 cm³/mol. The average molecular weight is 303 g/mol. The van der Waals surface area contributed by atoms with Crippen LogP contribution in [-0.2, 0) is 6.54 Å². The zero-order valence-electron chi connectivity index (χ0n) is 11.9. The number of aliphatic hydroxyl groups excluding tert-OH is 1. The highest BCUT2D eigenvalue weighted by Crippen LogP contribution is 2.25. The number of halogens is 3. The fraction of sp³-hybridized carbons (Fsp3) is 0.600. The Morgan fingerprint density at radius 2 is 1.90 bits per heavy atom. The Kier molecular flexibility index (Phi) is 5.11. The van der Waals surface area contributed by atoms with Crippen molar-refractivity contribution in [2.75, 3.05) is 13.2 Å². The Morgan fingerprint density at radius 3 is 2.48 bits per heavy atom. The summed E-state index contributed by atoms with van der Waals surface area (Å²) in [7, 11) is 0. The highest BCUT2D eigenvalue weighted by Gasteiger charge is 2.31. The lowest BCUT2D eigenvalue weighted by molar-refractivity contribution is -0.274. The molecule has 0 saturated carbocycles. The Bertz CT molecular complexity index is 447. The van der Waals surface area contributed by atoms with E-state index >= 15 is 0 Å². The molecule has 0 aromatic heterocycles. The van der Waals surface area contributed by atoms with Crippen LogP contribution in [0, 0.1) is 5.92 Å². The van der Waals surface area contributed by atoms with Gasteiger partial charge in [0.15, 0.2) is 0 Å². The number of alkyl halides is 3. The van der Waals surface area contributed by atoms with Gasteiger partial charge in [-0.05, 0) is 43.4 Å². The van der Waals surface area contributed by atoms with Crippen molar-refractivity contribution in [1.82, 2.24) is 4.90 Å². The number of hydrogen-bond donors (Lipinski definition) is 1. The summed E-state index contributed by atoms with van der Waals surface area (Å²) in [6, 6.07) is 6.38. The van der Waals surface area contributed by atoms with Gasteiger partial charge in [-0.1, -0.05) is 12.1 Å². The van der Waals surface area contributed by atoms with Crippen LogP contribution in [0.5, 0.6) is 5.75 Å². The van der Waals surface area contributed by atoms with Gasteiger partial charge in [0.2, 0.25) is 0 Å². The number of benzene rings is 1. The van der Waals surface area contributed by atoms with Crippen LogP contribution in [0.3, 0.4) is 0 Å². The van der Waals surface area contributed by atoms with Gasteiger partial charge in [0.05, 0.1) is 0 Å². The van der Waals surface area contributed by atoms with Crippen LogP contribution in [0.25, 0.3) is 0 Å². The normalized spacial score (nSPS) is 24.0. The number of ether oxygens (including phenoxy) is 1. The maximum atomic E-state index is 12.1. The average Bonchev–Trinajstić information content (AvgIpc) is 2.42. The second-order valence-electron chi connectivity index (χ2n) is 5.60. The quantitative estimate of drug-likeness (QED) is 0.927. The molecule has 1 aliphatic heterocycles. The van der Waals surface area contributed by atoms with Crippen LogP contribution < -0.4 is 4.74 Å². The van der Waals surface area contributed by atoms with E-state index < -0.39 is 6.36 Å². The van der Waals surface area contributed by atoms with Crippen LogP contribution >= 0.6 is 0 Å². The molecular weight excluding hydrogens is 283 g/mol. The molecule has 1 heterocycles. The van der Waals surface area contributed by atoms with E-state index in [2.05, 4.69) is 16.6 Å². The van der Waals surface area contributed by atoms with E-state index in [0.717, 1.165) is 24.9 Å². The molecule has 1 aliphatic rings. The molecule has 1 fully saturated rings. The van der Waals surface area contributed by atoms with Gasteiger partial charge >= 0.3 is 6.36 Å². The van der Waals surface area contributed by atoms with Gasteiger partial charge in [-0.2, -0.15) is 0 Å². The van der Waals surface area contributed by atoms with Gasteiger partial charge in [0.25, 0.3) is 0 Å². The molecule has 2 rings (SSSR count). The van der Waals surface area contributed by atoms with Gasteiger partial charge in [-0.3, -0.25) is 4.90 Å². The molecule has 1 N–H and O–H groups in total. The maximum absolute atomic E-state index is 12.1. The van der Waals surface area contributed by atoms with E-state index in [9.17, 15) is 18.3 Å². The van der Waals surface area contributed by atoms with E-state index in [1.165, 1.54) is 12.1 Å². The van der Waals surface area contributed by atoms with E-state index in [4.69, 9.17) is 0 Å². The fourth-order valence-corrected chi connectivity index (χ4v) is 2.66. The van der Waals surface area contributed by atoms with Crippen LogP contribution in [0.2, 0.25) is 0 Å². The van der Waals surface area contributed by atoms with Gasteiger partial charge in [-0.15, -0.1) is 13.2 Å². The Hall–Kier alpha value is -1.27. The van der Waals surface area contributed by atoms with Gasteiger partial charge in [0.1, 0.15) is 5.75 Å². The molecular formula is C15H20F3NO2. The molecule has 1 aromatic rings. The van der Waals surface area contributed by atoms with Crippen molar-refractivity contribution < 1.29 is 23.0 Å². The number of aliphatic hydroxyl groups is 1. The largest absolute Gasteiger partial charge is 0.573 e. The van der Waals surface area contributed by atoms with Crippen molar-refractivity contribution in [2.45, 2.75) is 38.7 Å². The van der Waals surface area contributed by atoms with E-state index in [0.29, 0.717) is 12.6 Å². The highest BCUT2D eigenvalue weighted by molar-refractivity contribution is 5.27. The number of rotatable bonds is 4. The van der Waals surface area contributed by atoms with Crippen molar-refractivity contribution in [3.63, 3.8) is 0 Å². The summed E-state index contributed by atoms with van der Waals surface area (Å²) in [6.07, 6.45) is -2.61. The standard InChI is InChI=1S/C15H20F3NO2/c1-11-2-3-13(10-20)9-19(11)8-12-4-6-14(7-5-12)21-15(16,17)18/h4-7,11,13,20H,2-3,8-10H2,1H3. The first kappa shape index (κ1) is 16.1. The molecule has 21 heavy (non-hydrogen) atoms. The summed E-state index contributed by atoms with van der Waals surface area (Å²) < 4.78 is 40.1. The third-order valence-electron chi connectivity index (χ3n) is 3.91. The summed E-state index contributed by atoms with van der Waals surface area (Å²) in [5.41, 5.74) is 0.940. The molecule has 2 atom stereocenters. The smallest absolute Gasteiger partial charge is 0.406 e. The first-order chi connectivity index (χ1) is 9.87. The summed E-state index contributed by atoms with van der Waals surface area (Å²) in [4.78, 5) is 2.25. The number of likely N-dealkylation sites (tertiary alicyclic amines) is 1. The Balaban J connectivity index is 1.96. The monoisotopic (exact) mass is 303 g/mol. The summed E-state index contributed by atoms with van der Waals surface area (Å²) in [5, 5.41) is 9.26. The van der Waals surface area contributed by atoms with Crippen molar-refractivity contribution in [3.05, 3.63) is 29.8 Å². The Labute approximate surface area is 122 Å². The molecule has 0 amide bonds. The third-order valence-corrected chi connectivity index (χ3v) is 3.91. The number of piperidine rings is 1. The fourth-order valence-electron chi connectivity index (χ4n) is 2.66. The lowest BCUT2D eigenvalue weighted by Crippen LogP contribution is -2.42. The summed E-state index contributed by atoms with van der Waals surface area (Å²) >= 11 is 0.